The van der Waals surface area contributed by atoms with E-state index in [1.165, 1.54) is 28.5 Å². The molecule has 0 heterocycles. The highest BCUT2D eigenvalue weighted by Crippen LogP contribution is 2.20. The summed E-state index contributed by atoms with van der Waals surface area (Å²) in [4.78, 5) is 11.7. The molecule has 0 saturated carbocycles. The Morgan fingerprint density at radius 3 is 2.30 bits per heavy atom. The van der Waals surface area contributed by atoms with Crippen molar-refractivity contribution in [1.82, 2.24) is 5.32 Å². The van der Waals surface area contributed by atoms with Gasteiger partial charge in [-0.15, -0.1) is 0 Å². The largest absolute Gasteiger partial charge is 0.317 e. The van der Waals surface area contributed by atoms with Gasteiger partial charge in [0.05, 0.1) is 0 Å². The number of carbonyl (C=O) groups is 1. The summed E-state index contributed by atoms with van der Waals surface area (Å²) < 4.78 is 0. The molecule has 1 atom stereocenters. The molecule has 2 rings (SSSR count). The van der Waals surface area contributed by atoms with Crippen molar-refractivity contribution in [3.63, 3.8) is 0 Å². The van der Waals surface area contributed by atoms with E-state index in [4.69, 9.17) is 0 Å². The van der Waals surface area contributed by atoms with Gasteiger partial charge in [-0.2, -0.15) is 0 Å². The third kappa shape index (κ3) is 5.85. The summed E-state index contributed by atoms with van der Waals surface area (Å²) in [6.07, 6.45) is 2.49. The zero-order chi connectivity index (χ0) is 16.5. The van der Waals surface area contributed by atoms with Crippen LogP contribution >= 0.6 is 11.8 Å². The fourth-order valence-electron chi connectivity index (χ4n) is 2.62. The molecule has 122 valence electrons. The molecule has 0 aromatic heterocycles. The second-order valence-corrected chi connectivity index (χ2v) is 6.92. The Morgan fingerprint density at radius 1 is 1.04 bits per heavy atom. The number of thioether (sulfide) groups is 1. The van der Waals surface area contributed by atoms with Crippen molar-refractivity contribution in [2.24, 2.45) is 0 Å². The lowest BCUT2D eigenvalue weighted by Gasteiger charge is -2.16. The van der Waals surface area contributed by atoms with Crippen molar-refractivity contribution >= 4 is 16.9 Å². The Kier molecular flexibility index (Phi) is 7.37. The van der Waals surface area contributed by atoms with Gasteiger partial charge in [0.2, 0.25) is 0 Å². The van der Waals surface area contributed by atoms with Crippen LogP contribution in [0.15, 0.2) is 54.6 Å². The molecular weight excluding hydrogens is 302 g/mol. The normalized spacial score (nSPS) is 12.1. The molecule has 0 aliphatic rings. The van der Waals surface area contributed by atoms with E-state index >= 15 is 0 Å². The van der Waals surface area contributed by atoms with Crippen molar-refractivity contribution in [2.45, 2.75) is 32.2 Å². The summed E-state index contributed by atoms with van der Waals surface area (Å²) >= 11 is 1.42. The first-order valence-electron chi connectivity index (χ1n) is 8.20. The standard InChI is InChI=1S/C20H25NOS/c1-3-23-20(22)14-13-19(21-2)15-16-9-11-18(12-10-16)17-7-5-4-6-8-17/h4-12,19,21H,3,13-15H2,1-2H3/t19-/m0/s1. The van der Waals surface area contributed by atoms with Crippen LogP contribution in [-0.4, -0.2) is 24.0 Å². The predicted octanol–water partition coefficient (Wildman–Crippen LogP) is 4.54. The third-order valence-electron chi connectivity index (χ3n) is 3.95. The lowest BCUT2D eigenvalue weighted by atomic mass is 9.99. The minimum absolute atomic E-state index is 0.298. The van der Waals surface area contributed by atoms with Crippen molar-refractivity contribution in [2.75, 3.05) is 12.8 Å². The van der Waals surface area contributed by atoms with Gasteiger partial charge >= 0.3 is 0 Å². The summed E-state index contributed by atoms with van der Waals surface area (Å²) in [5.74, 6) is 0.865. The van der Waals surface area contributed by atoms with Crippen LogP contribution in [0, 0.1) is 0 Å². The molecule has 2 aromatic carbocycles. The molecule has 0 radical (unpaired) electrons. The highest BCUT2D eigenvalue weighted by atomic mass is 32.2. The van der Waals surface area contributed by atoms with Crippen LogP contribution in [-0.2, 0) is 11.2 Å². The molecular formula is C20H25NOS. The average molecular weight is 327 g/mol. The average Bonchev–Trinajstić information content (AvgIpc) is 2.60. The number of carbonyl (C=O) groups excluding carboxylic acids is 1. The third-order valence-corrected chi connectivity index (χ3v) is 4.77. The van der Waals surface area contributed by atoms with Gasteiger partial charge in [-0.05, 0) is 42.3 Å². The first-order chi connectivity index (χ1) is 11.2. The van der Waals surface area contributed by atoms with Gasteiger partial charge in [-0.25, -0.2) is 0 Å². The maximum atomic E-state index is 11.7. The van der Waals surface area contributed by atoms with E-state index in [1.807, 2.05) is 20.0 Å². The van der Waals surface area contributed by atoms with E-state index in [9.17, 15) is 4.79 Å². The summed E-state index contributed by atoms with van der Waals surface area (Å²) in [6, 6.07) is 19.5. The lowest BCUT2D eigenvalue weighted by Crippen LogP contribution is -2.28. The monoisotopic (exact) mass is 327 g/mol. The molecule has 0 amide bonds. The van der Waals surface area contributed by atoms with Gasteiger partial charge in [0.1, 0.15) is 0 Å². The molecule has 0 bridgehead atoms. The topological polar surface area (TPSA) is 29.1 Å². The maximum Gasteiger partial charge on any atom is 0.188 e. The van der Waals surface area contributed by atoms with Gasteiger partial charge in [-0.3, -0.25) is 4.79 Å². The molecule has 0 fully saturated rings. The highest BCUT2D eigenvalue weighted by Gasteiger charge is 2.10. The zero-order valence-electron chi connectivity index (χ0n) is 13.9. The molecule has 1 N–H and O–H groups in total. The molecule has 0 unspecified atom stereocenters. The second-order valence-electron chi connectivity index (χ2n) is 5.60. The second kappa shape index (κ2) is 9.53. The van der Waals surface area contributed by atoms with Gasteiger partial charge in [0, 0.05) is 12.5 Å². The Morgan fingerprint density at radius 2 is 1.70 bits per heavy atom. The smallest absolute Gasteiger partial charge is 0.188 e. The van der Waals surface area contributed by atoms with Crippen LogP contribution in [0.3, 0.4) is 0 Å². The van der Waals surface area contributed by atoms with Gasteiger partial charge in [0.15, 0.2) is 5.12 Å². The molecule has 0 aliphatic heterocycles. The number of benzene rings is 2. The van der Waals surface area contributed by atoms with Crippen molar-refractivity contribution < 1.29 is 4.79 Å². The van der Waals surface area contributed by atoms with E-state index in [1.54, 1.807) is 0 Å². The van der Waals surface area contributed by atoms with Crippen LogP contribution in [0.5, 0.6) is 0 Å². The van der Waals surface area contributed by atoms with Gasteiger partial charge < -0.3 is 5.32 Å². The van der Waals surface area contributed by atoms with E-state index in [0.717, 1.165) is 18.6 Å². The first-order valence-corrected chi connectivity index (χ1v) is 9.18. The van der Waals surface area contributed by atoms with Crippen molar-refractivity contribution in [3.05, 3.63) is 60.2 Å². The van der Waals surface area contributed by atoms with Crippen LogP contribution in [0.2, 0.25) is 0 Å². The molecule has 2 aromatic rings. The number of nitrogens with one attached hydrogen (secondary N) is 1. The number of hydrogen-bond acceptors (Lipinski definition) is 3. The highest BCUT2D eigenvalue weighted by molar-refractivity contribution is 8.13. The number of rotatable bonds is 8. The quantitative estimate of drug-likeness (QED) is 0.771. The minimum Gasteiger partial charge on any atom is -0.317 e. The minimum atomic E-state index is 0.298. The molecule has 3 heteroatoms. The van der Waals surface area contributed by atoms with E-state index in [2.05, 4.69) is 53.8 Å². The van der Waals surface area contributed by atoms with Gasteiger partial charge in [-0.1, -0.05) is 73.3 Å². The lowest BCUT2D eigenvalue weighted by molar-refractivity contribution is -0.111. The predicted molar refractivity (Wildman–Crippen MR) is 101 cm³/mol. The van der Waals surface area contributed by atoms with E-state index < -0.39 is 0 Å². The fraction of sp³-hybridized carbons (Fsp3) is 0.350. The first kappa shape index (κ1) is 17.8. The van der Waals surface area contributed by atoms with Crippen LogP contribution < -0.4 is 5.32 Å². The Hall–Kier alpha value is -1.58. The molecule has 2 nitrogen and oxygen atoms in total. The Labute approximate surface area is 143 Å². The van der Waals surface area contributed by atoms with E-state index in [0.29, 0.717) is 17.6 Å². The van der Waals surface area contributed by atoms with Gasteiger partial charge in [0.25, 0.3) is 0 Å². The molecule has 0 aliphatic carbocycles. The Bertz CT molecular complexity index is 595. The molecule has 0 saturated heterocycles. The maximum absolute atomic E-state index is 11.7. The SMILES string of the molecule is CCSC(=O)CC[C@@H](Cc1ccc(-c2ccccc2)cc1)NC. The van der Waals surface area contributed by atoms with Crippen LogP contribution in [0.1, 0.15) is 25.3 Å². The van der Waals surface area contributed by atoms with Crippen LogP contribution in [0.25, 0.3) is 11.1 Å². The number of hydrogen-bond donors (Lipinski definition) is 1. The zero-order valence-corrected chi connectivity index (χ0v) is 14.7. The summed E-state index contributed by atoms with van der Waals surface area (Å²) in [6.45, 7) is 2.02. The molecule has 0 spiro atoms. The summed E-state index contributed by atoms with van der Waals surface area (Å²) in [5, 5.41) is 3.63. The Balaban J connectivity index is 1.92. The van der Waals surface area contributed by atoms with E-state index in [-0.39, 0.29) is 0 Å². The molecule has 23 heavy (non-hydrogen) atoms. The van der Waals surface area contributed by atoms with Crippen molar-refractivity contribution in [1.29, 1.82) is 0 Å². The summed E-state index contributed by atoms with van der Waals surface area (Å²) in [5.41, 5.74) is 3.79. The summed E-state index contributed by atoms with van der Waals surface area (Å²) in [7, 11) is 1.97. The number of likely N-dealkylation sites (N-methyl/N-ethyl adjacent to an activating group) is 1. The van der Waals surface area contributed by atoms with Crippen LogP contribution in [0.4, 0.5) is 0 Å². The van der Waals surface area contributed by atoms with Crippen molar-refractivity contribution in [3.8, 4) is 11.1 Å². The fourth-order valence-corrected chi connectivity index (χ4v) is 3.21.